The molecule has 3 aromatic carbocycles. The maximum absolute atomic E-state index is 14.6. The monoisotopic (exact) mass is 742 g/mol. The average Bonchev–Trinajstić information content (AvgIpc) is 3.70. The topological polar surface area (TPSA) is 130 Å². The molecule has 54 heavy (non-hydrogen) atoms. The van der Waals surface area contributed by atoms with E-state index in [0.717, 1.165) is 30.5 Å². The van der Waals surface area contributed by atoms with Crippen LogP contribution in [0.3, 0.4) is 0 Å². The quantitative estimate of drug-likeness (QED) is 0.169. The molecule has 1 saturated carbocycles. The second kappa shape index (κ2) is 15.0. The zero-order valence-corrected chi connectivity index (χ0v) is 29.6. The van der Waals surface area contributed by atoms with Gasteiger partial charge in [-0.05, 0) is 56.0 Å². The molecule has 0 unspecified atom stereocenters. The number of carboxylic acids is 1. The standard InChI is InChI=1S/C41H41F3N4O6/c1-53-29-17-18-31-34(20-29)46-33(25-11-6-5-7-12-25)22-36(31)54-30-21-35-37(49)47-40(39(51)52)23-27(40)13-8-3-2-4-9-16-32(38(50)48(35)24-30)45-28-15-10-14-26(19-28)41(42,43)44/h5-8,10-15,17-20,22,27,30,32,35,45H,2-4,9,16,21,23-24H2,1H3,(H,47,49)(H,51,52)/b13-8-/t27-,30+,32-,35-,40+/m0/s1. The number of ether oxygens (including phenoxy) is 2. The number of carbonyl (C=O) groups excluding carboxylic acids is 2. The third kappa shape index (κ3) is 7.71. The van der Waals surface area contributed by atoms with Crippen LogP contribution in [0.15, 0.2) is 91.0 Å². The van der Waals surface area contributed by atoms with E-state index >= 15 is 0 Å². The summed E-state index contributed by atoms with van der Waals surface area (Å²) >= 11 is 0. The summed E-state index contributed by atoms with van der Waals surface area (Å²) in [7, 11) is 1.56. The average molecular weight is 743 g/mol. The normalized spacial score (nSPS) is 25.4. The number of benzene rings is 3. The van der Waals surface area contributed by atoms with Crippen LogP contribution in [-0.2, 0) is 20.6 Å². The van der Waals surface area contributed by atoms with E-state index in [1.165, 1.54) is 17.0 Å². The van der Waals surface area contributed by atoms with Crippen molar-refractivity contribution in [2.45, 2.75) is 74.8 Å². The van der Waals surface area contributed by atoms with E-state index in [4.69, 9.17) is 14.5 Å². The Bertz CT molecular complexity index is 2080. The van der Waals surface area contributed by atoms with Gasteiger partial charge in [0, 0.05) is 41.1 Å². The van der Waals surface area contributed by atoms with Crippen molar-refractivity contribution < 1.29 is 42.1 Å². The number of allylic oxidation sites excluding steroid dienone is 1. The highest BCUT2D eigenvalue weighted by Crippen LogP contribution is 2.45. The van der Waals surface area contributed by atoms with Gasteiger partial charge in [-0.15, -0.1) is 0 Å². The highest BCUT2D eigenvalue weighted by atomic mass is 19.4. The van der Waals surface area contributed by atoms with E-state index in [9.17, 15) is 32.7 Å². The van der Waals surface area contributed by atoms with Crippen molar-refractivity contribution in [3.63, 3.8) is 0 Å². The fourth-order valence-corrected chi connectivity index (χ4v) is 7.47. The number of carboxylic acid groups (broad SMARTS) is 1. The van der Waals surface area contributed by atoms with E-state index in [1.807, 2.05) is 48.6 Å². The summed E-state index contributed by atoms with van der Waals surface area (Å²) in [5, 5.41) is 16.7. The number of nitrogens with one attached hydrogen (secondary N) is 2. The van der Waals surface area contributed by atoms with E-state index in [2.05, 4.69) is 10.6 Å². The van der Waals surface area contributed by atoms with Crippen LogP contribution in [0.2, 0.25) is 0 Å². The predicted octanol–water partition coefficient (Wildman–Crippen LogP) is 7.24. The van der Waals surface area contributed by atoms with E-state index in [0.29, 0.717) is 47.4 Å². The first-order valence-electron chi connectivity index (χ1n) is 18.1. The van der Waals surface area contributed by atoms with Gasteiger partial charge in [-0.3, -0.25) is 9.59 Å². The molecular weight excluding hydrogens is 701 g/mol. The number of pyridine rings is 1. The molecule has 3 N–H and O–H groups in total. The number of carbonyl (C=O) groups is 3. The van der Waals surface area contributed by atoms with Crippen LogP contribution in [0.4, 0.5) is 18.9 Å². The van der Waals surface area contributed by atoms with E-state index in [-0.39, 0.29) is 25.1 Å². The Morgan fingerprint density at radius 1 is 1.02 bits per heavy atom. The van der Waals surface area contributed by atoms with Gasteiger partial charge in [-0.1, -0.05) is 61.4 Å². The molecule has 1 aromatic heterocycles. The van der Waals surface area contributed by atoms with Gasteiger partial charge < -0.3 is 30.1 Å². The molecule has 10 nitrogen and oxygen atoms in total. The van der Waals surface area contributed by atoms with Crippen molar-refractivity contribution in [2.75, 3.05) is 19.0 Å². The number of hydrogen-bond donors (Lipinski definition) is 3. The lowest BCUT2D eigenvalue weighted by molar-refractivity contribution is -0.145. The minimum atomic E-state index is -4.58. The molecule has 13 heteroatoms. The summed E-state index contributed by atoms with van der Waals surface area (Å²) in [6.07, 6.45) is 1.85. The number of rotatable bonds is 7. The van der Waals surface area contributed by atoms with Gasteiger partial charge in [0.05, 0.1) is 30.4 Å². The van der Waals surface area contributed by atoms with Crippen LogP contribution in [0.25, 0.3) is 22.2 Å². The number of methoxy groups -OCH3 is 1. The van der Waals surface area contributed by atoms with Crippen LogP contribution >= 0.6 is 0 Å². The Hall–Kier alpha value is -5.59. The fraction of sp³-hybridized carbons (Fsp3) is 0.366. The van der Waals surface area contributed by atoms with Crippen molar-refractivity contribution in [1.29, 1.82) is 0 Å². The number of aliphatic carboxylic acids is 1. The lowest BCUT2D eigenvalue weighted by Gasteiger charge is -2.30. The molecule has 2 fully saturated rings. The second-order valence-corrected chi connectivity index (χ2v) is 14.2. The molecule has 0 radical (unpaired) electrons. The van der Waals surface area contributed by atoms with Crippen molar-refractivity contribution in [3.05, 3.63) is 96.6 Å². The van der Waals surface area contributed by atoms with E-state index in [1.54, 1.807) is 25.3 Å². The molecule has 4 aromatic rings. The lowest BCUT2D eigenvalue weighted by Crippen LogP contribution is -2.55. The van der Waals surface area contributed by atoms with Crippen LogP contribution in [-0.4, -0.2) is 70.2 Å². The predicted molar refractivity (Wildman–Crippen MR) is 196 cm³/mol. The summed E-state index contributed by atoms with van der Waals surface area (Å²) < 4.78 is 53.0. The van der Waals surface area contributed by atoms with Crippen LogP contribution < -0.4 is 20.1 Å². The Morgan fingerprint density at radius 2 is 1.83 bits per heavy atom. The van der Waals surface area contributed by atoms with Gasteiger partial charge in [0.25, 0.3) is 0 Å². The van der Waals surface area contributed by atoms with Gasteiger partial charge in [-0.25, -0.2) is 9.78 Å². The highest BCUT2D eigenvalue weighted by molar-refractivity contribution is 5.96. The number of hydrogen-bond acceptors (Lipinski definition) is 7. The molecule has 282 valence electrons. The number of alkyl halides is 3. The summed E-state index contributed by atoms with van der Waals surface area (Å²) in [4.78, 5) is 47.5. The third-order valence-electron chi connectivity index (χ3n) is 10.5. The molecular formula is C41H41F3N4O6. The number of halogens is 3. The SMILES string of the molecule is COc1ccc2c(O[C@@H]3C[C@H]4C(=O)N[C@]5(C(=O)O)C[C@@H]5/C=C\CCCCC[C@H](Nc5cccc(C(F)(F)F)c5)C(=O)N4C3)cc(-c3ccccc3)nc2c1. The fourth-order valence-electron chi connectivity index (χ4n) is 7.47. The number of nitrogens with zero attached hydrogens (tertiary/aromatic N) is 2. The summed E-state index contributed by atoms with van der Waals surface area (Å²) in [6.45, 7) is -0.0261. The summed E-state index contributed by atoms with van der Waals surface area (Å²) in [5.74, 6) is -1.61. The molecule has 2 aliphatic heterocycles. The first kappa shape index (κ1) is 36.8. The zero-order valence-electron chi connectivity index (χ0n) is 29.6. The Balaban J connectivity index is 1.24. The third-order valence-corrected chi connectivity index (χ3v) is 10.5. The van der Waals surface area contributed by atoms with Gasteiger partial charge in [-0.2, -0.15) is 13.2 Å². The molecule has 7 rings (SSSR count). The minimum absolute atomic E-state index is 0.0261. The van der Waals surface area contributed by atoms with Crippen LogP contribution in [0.5, 0.6) is 11.5 Å². The minimum Gasteiger partial charge on any atom is -0.497 e. The zero-order chi connectivity index (χ0) is 38.0. The van der Waals surface area contributed by atoms with Crippen LogP contribution in [0.1, 0.15) is 50.5 Å². The molecule has 5 atom stereocenters. The van der Waals surface area contributed by atoms with Crippen LogP contribution in [0, 0.1) is 5.92 Å². The second-order valence-electron chi connectivity index (χ2n) is 14.2. The van der Waals surface area contributed by atoms with Crippen molar-refractivity contribution in [2.24, 2.45) is 5.92 Å². The molecule has 1 aliphatic carbocycles. The summed E-state index contributed by atoms with van der Waals surface area (Å²) in [5.41, 5.74) is -0.150. The van der Waals surface area contributed by atoms with Gasteiger partial charge in [0.15, 0.2) is 0 Å². The van der Waals surface area contributed by atoms with Gasteiger partial charge in [0.1, 0.15) is 35.2 Å². The maximum atomic E-state index is 14.6. The molecule has 0 bridgehead atoms. The largest absolute Gasteiger partial charge is 0.497 e. The highest BCUT2D eigenvalue weighted by Gasteiger charge is 2.61. The molecule has 2 amide bonds. The van der Waals surface area contributed by atoms with Gasteiger partial charge in [0.2, 0.25) is 11.8 Å². The van der Waals surface area contributed by atoms with E-state index < -0.39 is 59.2 Å². The van der Waals surface area contributed by atoms with Crippen molar-refractivity contribution in [1.82, 2.24) is 15.2 Å². The maximum Gasteiger partial charge on any atom is 0.416 e. The first-order chi connectivity index (χ1) is 25.9. The number of amides is 2. The first-order valence-corrected chi connectivity index (χ1v) is 18.1. The smallest absolute Gasteiger partial charge is 0.416 e. The van der Waals surface area contributed by atoms with Gasteiger partial charge >= 0.3 is 12.1 Å². The Kier molecular flexibility index (Phi) is 10.2. The molecule has 1 saturated heterocycles. The summed E-state index contributed by atoms with van der Waals surface area (Å²) in [6, 6.07) is 19.3. The number of fused-ring (bicyclic) bond motifs is 3. The molecule has 3 heterocycles. The Labute approximate surface area is 310 Å². The molecule has 0 spiro atoms. The number of anilines is 1. The lowest BCUT2D eigenvalue weighted by atomic mass is 10.0. The van der Waals surface area contributed by atoms with Crippen molar-refractivity contribution in [3.8, 4) is 22.8 Å². The van der Waals surface area contributed by atoms with Crippen molar-refractivity contribution >= 4 is 34.4 Å². The number of aromatic nitrogens is 1. The Morgan fingerprint density at radius 3 is 2.59 bits per heavy atom. The molecule has 3 aliphatic rings.